The summed E-state index contributed by atoms with van der Waals surface area (Å²) in [5, 5.41) is 3.16. The van der Waals surface area contributed by atoms with Gasteiger partial charge in [0.05, 0.1) is 0 Å². The third-order valence-corrected chi connectivity index (χ3v) is 5.20. The molecule has 128 valence electrons. The first kappa shape index (κ1) is 16.3. The number of carbonyl (C=O) groups is 1. The van der Waals surface area contributed by atoms with Crippen LogP contribution < -0.4 is 5.32 Å². The Morgan fingerprint density at radius 1 is 0.846 bits per heavy atom. The van der Waals surface area contributed by atoms with Crippen molar-refractivity contribution in [3.63, 3.8) is 0 Å². The van der Waals surface area contributed by atoms with Crippen molar-refractivity contribution in [2.24, 2.45) is 0 Å². The van der Waals surface area contributed by atoms with E-state index in [9.17, 15) is 4.79 Å². The molecular formula is C24H21NO. The van der Waals surface area contributed by atoms with Crippen molar-refractivity contribution in [1.82, 2.24) is 5.32 Å². The molecule has 4 rings (SSSR count). The van der Waals surface area contributed by atoms with E-state index in [1.165, 1.54) is 0 Å². The summed E-state index contributed by atoms with van der Waals surface area (Å²) in [5.41, 5.74) is 4.77. The van der Waals surface area contributed by atoms with Crippen molar-refractivity contribution >= 4 is 5.91 Å². The van der Waals surface area contributed by atoms with E-state index in [4.69, 9.17) is 0 Å². The Morgan fingerprint density at radius 2 is 1.38 bits per heavy atom. The lowest BCUT2D eigenvalue weighted by atomic mass is 9.74. The van der Waals surface area contributed by atoms with Crippen LogP contribution in [-0.4, -0.2) is 5.91 Å². The Hall–Kier alpha value is -3.13. The van der Waals surface area contributed by atoms with Crippen LogP contribution >= 0.6 is 0 Å². The van der Waals surface area contributed by atoms with Crippen LogP contribution in [0.3, 0.4) is 0 Å². The van der Waals surface area contributed by atoms with Crippen molar-refractivity contribution < 1.29 is 4.79 Å². The van der Waals surface area contributed by atoms with E-state index in [2.05, 4.69) is 36.2 Å². The van der Waals surface area contributed by atoms with Crippen LogP contribution in [0, 0.1) is 0 Å². The topological polar surface area (TPSA) is 29.1 Å². The van der Waals surface area contributed by atoms with Gasteiger partial charge in [0, 0.05) is 6.54 Å². The van der Waals surface area contributed by atoms with Gasteiger partial charge in [-0.3, -0.25) is 4.79 Å². The van der Waals surface area contributed by atoms with E-state index in [0.717, 1.165) is 27.8 Å². The zero-order valence-electron chi connectivity index (χ0n) is 14.6. The van der Waals surface area contributed by atoms with Gasteiger partial charge in [0.1, 0.15) is 5.41 Å². The quantitative estimate of drug-likeness (QED) is 0.662. The molecule has 0 radical (unpaired) electrons. The molecule has 0 heterocycles. The van der Waals surface area contributed by atoms with Crippen LogP contribution in [0.25, 0.3) is 11.1 Å². The van der Waals surface area contributed by atoms with Gasteiger partial charge in [0.15, 0.2) is 0 Å². The molecule has 0 spiro atoms. The Balaban J connectivity index is 1.79. The second-order valence-electron chi connectivity index (χ2n) is 6.66. The fourth-order valence-corrected chi connectivity index (χ4v) is 4.03. The summed E-state index contributed by atoms with van der Waals surface area (Å²) in [6, 6.07) is 26.4. The molecule has 1 aliphatic carbocycles. The molecule has 0 atom stereocenters. The number of fused-ring (bicyclic) bond motifs is 3. The lowest BCUT2D eigenvalue weighted by Crippen LogP contribution is -2.43. The van der Waals surface area contributed by atoms with Crippen LogP contribution in [-0.2, 0) is 16.8 Å². The van der Waals surface area contributed by atoms with E-state index in [1.807, 2.05) is 60.7 Å². The van der Waals surface area contributed by atoms with Crippen LogP contribution in [0.4, 0.5) is 0 Å². The summed E-state index contributed by atoms with van der Waals surface area (Å²) >= 11 is 0. The van der Waals surface area contributed by atoms with Gasteiger partial charge in [-0.1, -0.05) is 84.9 Å². The maximum atomic E-state index is 13.5. The van der Waals surface area contributed by atoms with Crippen LogP contribution in [0.15, 0.2) is 91.5 Å². The highest BCUT2D eigenvalue weighted by atomic mass is 16.2. The predicted molar refractivity (Wildman–Crippen MR) is 106 cm³/mol. The molecule has 0 saturated heterocycles. The summed E-state index contributed by atoms with van der Waals surface area (Å²) in [7, 11) is 0. The molecule has 2 heteroatoms. The number of hydrogen-bond acceptors (Lipinski definition) is 1. The lowest BCUT2D eigenvalue weighted by molar-refractivity contribution is -0.125. The summed E-state index contributed by atoms with van der Waals surface area (Å²) in [6.45, 7) is 4.45. The number of carbonyl (C=O) groups excluding carboxylic acids is 1. The molecule has 26 heavy (non-hydrogen) atoms. The largest absolute Gasteiger partial charge is 0.351 e. The predicted octanol–water partition coefficient (Wildman–Crippen LogP) is 4.85. The van der Waals surface area contributed by atoms with Gasteiger partial charge in [-0.25, -0.2) is 0 Å². The standard InChI is InChI=1S/C24H21NO/c1-2-16-24(23(26)25-17-18-10-4-3-5-11-18)21-14-8-6-12-19(21)20-13-7-9-15-22(20)24/h2-15H,1,16-17H2,(H,25,26). The highest BCUT2D eigenvalue weighted by Gasteiger charge is 2.47. The first-order chi connectivity index (χ1) is 12.8. The number of benzene rings is 3. The SMILES string of the molecule is C=CCC1(C(=O)NCc2ccccc2)c2ccccc2-c2ccccc21. The number of amides is 1. The summed E-state index contributed by atoms with van der Waals surface area (Å²) in [6.07, 6.45) is 2.42. The molecule has 3 aromatic rings. The molecule has 0 aromatic heterocycles. The molecule has 0 unspecified atom stereocenters. The van der Waals surface area contributed by atoms with Gasteiger partial charge >= 0.3 is 0 Å². The number of rotatable bonds is 5. The Kier molecular flexibility index (Phi) is 4.18. The van der Waals surface area contributed by atoms with Crippen LogP contribution in [0.5, 0.6) is 0 Å². The molecule has 0 aliphatic heterocycles. The van der Waals surface area contributed by atoms with Crippen molar-refractivity contribution in [3.8, 4) is 11.1 Å². The van der Waals surface area contributed by atoms with E-state index in [-0.39, 0.29) is 5.91 Å². The third-order valence-electron chi connectivity index (χ3n) is 5.20. The second-order valence-corrected chi connectivity index (χ2v) is 6.66. The zero-order chi connectivity index (χ0) is 18.0. The zero-order valence-corrected chi connectivity index (χ0v) is 14.6. The number of nitrogens with one attached hydrogen (secondary N) is 1. The van der Waals surface area contributed by atoms with Gasteiger partial charge < -0.3 is 5.32 Å². The molecule has 1 N–H and O–H groups in total. The van der Waals surface area contributed by atoms with Gasteiger partial charge in [0.2, 0.25) is 5.91 Å². The first-order valence-electron chi connectivity index (χ1n) is 8.90. The van der Waals surface area contributed by atoms with Crippen molar-refractivity contribution in [1.29, 1.82) is 0 Å². The van der Waals surface area contributed by atoms with Gasteiger partial charge in [0.25, 0.3) is 0 Å². The Morgan fingerprint density at radius 3 is 1.96 bits per heavy atom. The minimum atomic E-state index is -0.719. The van der Waals surface area contributed by atoms with E-state index in [0.29, 0.717) is 13.0 Å². The van der Waals surface area contributed by atoms with Gasteiger partial charge in [-0.15, -0.1) is 6.58 Å². The normalized spacial score (nSPS) is 13.5. The maximum Gasteiger partial charge on any atom is 0.235 e. The minimum Gasteiger partial charge on any atom is -0.351 e. The van der Waals surface area contributed by atoms with E-state index in [1.54, 1.807) is 0 Å². The number of allylic oxidation sites excluding steroid dienone is 1. The molecular weight excluding hydrogens is 318 g/mol. The third kappa shape index (κ3) is 2.46. The average molecular weight is 339 g/mol. The fourth-order valence-electron chi connectivity index (χ4n) is 4.03. The summed E-state index contributed by atoms with van der Waals surface area (Å²) in [5.74, 6) is 0.0265. The van der Waals surface area contributed by atoms with Crippen molar-refractivity contribution in [3.05, 3.63) is 108 Å². The smallest absolute Gasteiger partial charge is 0.235 e. The van der Waals surface area contributed by atoms with E-state index >= 15 is 0 Å². The summed E-state index contributed by atoms with van der Waals surface area (Å²) < 4.78 is 0. The average Bonchev–Trinajstić information content (AvgIpc) is 2.99. The first-order valence-corrected chi connectivity index (χ1v) is 8.90. The summed E-state index contributed by atoms with van der Waals surface area (Å²) in [4.78, 5) is 13.5. The monoisotopic (exact) mass is 339 g/mol. The lowest BCUT2D eigenvalue weighted by Gasteiger charge is -2.29. The highest BCUT2D eigenvalue weighted by molar-refractivity contribution is 6.00. The van der Waals surface area contributed by atoms with Crippen molar-refractivity contribution in [2.75, 3.05) is 0 Å². The van der Waals surface area contributed by atoms with Crippen LogP contribution in [0.1, 0.15) is 23.1 Å². The molecule has 0 bridgehead atoms. The molecule has 0 fully saturated rings. The number of hydrogen-bond donors (Lipinski definition) is 1. The molecule has 0 saturated carbocycles. The Bertz CT molecular complexity index is 913. The van der Waals surface area contributed by atoms with Crippen molar-refractivity contribution in [2.45, 2.75) is 18.4 Å². The highest BCUT2D eigenvalue weighted by Crippen LogP contribution is 2.51. The molecule has 3 aromatic carbocycles. The fraction of sp³-hybridized carbons (Fsp3) is 0.125. The second kappa shape index (κ2) is 6.64. The Labute approximate surface area is 154 Å². The van der Waals surface area contributed by atoms with E-state index < -0.39 is 5.41 Å². The van der Waals surface area contributed by atoms with Gasteiger partial charge in [-0.2, -0.15) is 0 Å². The minimum absolute atomic E-state index is 0.0265. The van der Waals surface area contributed by atoms with Gasteiger partial charge in [-0.05, 0) is 34.2 Å². The molecule has 1 amide bonds. The molecule has 2 nitrogen and oxygen atoms in total. The maximum absolute atomic E-state index is 13.5. The molecule has 1 aliphatic rings. The van der Waals surface area contributed by atoms with Crippen LogP contribution in [0.2, 0.25) is 0 Å².